The summed E-state index contributed by atoms with van der Waals surface area (Å²) in [5, 5.41) is 6.82. The van der Waals surface area contributed by atoms with Crippen molar-refractivity contribution in [1.82, 2.24) is 10.0 Å². The molecule has 1 unspecified atom stereocenters. The minimum atomic E-state index is -3.34. The van der Waals surface area contributed by atoms with Crippen molar-refractivity contribution in [2.75, 3.05) is 18.4 Å². The fourth-order valence-corrected chi connectivity index (χ4v) is 3.94. The van der Waals surface area contributed by atoms with E-state index in [2.05, 4.69) is 15.4 Å². The Bertz CT molecular complexity index is 561. The monoisotopic (exact) mass is 309 g/mol. The Hall–Kier alpha value is -1.11. The lowest BCUT2D eigenvalue weighted by Crippen LogP contribution is -2.25. The fourth-order valence-electron chi connectivity index (χ4n) is 2.63. The lowest BCUT2D eigenvalue weighted by atomic mass is 10.1. The van der Waals surface area contributed by atoms with Crippen molar-refractivity contribution in [2.24, 2.45) is 0 Å². The number of nitrogens with one attached hydrogen (secondary N) is 3. The first-order chi connectivity index (χ1) is 10.1. The number of anilines is 1. The second kappa shape index (κ2) is 6.34. The van der Waals surface area contributed by atoms with Gasteiger partial charge in [-0.15, -0.1) is 0 Å². The molecule has 3 N–H and O–H groups in total. The van der Waals surface area contributed by atoms with Crippen molar-refractivity contribution in [3.63, 3.8) is 0 Å². The molecule has 1 atom stereocenters. The maximum atomic E-state index is 12.0. The number of rotatable bonds is 7. The van der Waals surface area contributed by atoms with Crippen LogP contribution < -0.4 is 15.4 Å². The highest BCUT2D eigenvalue weighted by molar-refractivity contribution is 7.89. The van der Waals surface area contributed by atoms with Crippen LogP contribution in [0.25, 0.3) is 0 Å². The van der Waals surface area contributed by atoms with Gasteiger partial charge in [0.05, 0.1) is 4.90 Å². The van der Waals surface area contributed by atoms with E-state index in [9.17, 15) is 8.42 Å². The summed E-state index contributed by atoms with van der Waals surface area (Å²) in [5.74, 6) is 0. The standard InChI is InChI=1S/C15H23N3O2S/c19-21(20,18-14-3-4-14)15-7-5-13(6-8-15)17-11-9-12-2-1-10-16-12/h5-8,12,14,16-18H,1-4,9-11H2. The highest BCUT2D eigenvalue weighted by Crippen LogP contribution is 2.22. The van der Waals surface area contributed by atoms with Crippen molar-refractivity contribution in [3.05, 3.63) is 24.3 Å². The van der Waals surface area contributed by atoms with Gasteiger partial charge in [-0.1, -0.05) is 0 Å². The van der Waals surface area contributed by atoms with Gasteiger partial charge in [0, 0.05) is 24.3 Å². The molecule has 2 fully saturated rings. The number of sulfonamides is 1. The Labute approximate surface area is 126 Å². The van der Waals surface area contributed by atoms with Gasteiger partial charge in [0.1, 0.15) is 0 Å². The van der Waals surface area contributed by atoms with Gasteiger partial charge in [-0.25, -0.2) is 13.1 Å². The molecule has 0 spiro atoms. The van der Waals surface area contributed by atoms with Crippen LogP contribution in [0.15, 0.2) is 29.2 Å². The molecular formula is C15H23N3O2S. The van der Waals surface area contributed by atoms with E-state index in [1.165, 1.54) is 12.8 Å². The molecule has 1 aliphatic carbocycles. The molecule has 6 heteroatoms. The maximum absolute atomic E-state index is 12.0. The molecule has 1 heterocycles. The zero-order valence-electron chi connectivity index (χ0n) is 12.1. The molecule has 2 aliphatic rings. The van der Waals surface area contributed by atoms with Crippen LogP contribution in [-0.2, 0) is 10.0 Å². The normalized spacial score (nSPS) is 22.4. The number of hydrogen-bond acceptors (Lipinski definition) is 4. The third kappa shape index (κ3) is 4.18. The highest BCUT2D eigenvalue weighted by Gasteiger charge is 2.27. The zero-order valence-corrected chi connectivity index (χ0v) is 13.0. The summed E-state index contributed by atoms with van der Waals surface area (Å²) < 4.78 is 26.8. The van der Waals surface area contributed by atoms with Gasteiger partial charge in [-0.2, -0.15) is 0 Å². The minimum Gasteiger partial charge on any atom is -0.385 e. The lowest BCUT2D eigenvalue weighted by molar-refractivity contribution is 0.574. The first kappa shape index (κ1) is 14.8. The number of hydrogen-bond donors (Lipinski definition) is 3. The molecule has 0 radical (unpaired) electrons. The van der Waals surface area contributed by atoms with Gasteiger partial charge < -0.3 is 10.6 Å². The van der Waals surface area contributed by atoms with Gasteiger partial charge in [0.15, 0.2) is 0 Å². The van der Waals surface area contributed by atoms with Gasteiger partial charge in [-0.05, 0) is 62.9 Å². The van der Waals surface area contributed by atoms with E-state index in [1.54, 1.807) is 12.1 Å². The Morgan fingerprint density at radius 3 is 2.52 bits per heavy atom. The first-order valence-electron chi connectivity index (χ1n) is 7.73. The molecule has 1 saturated carbocycles. The van der Waals surface area contributed by atoms with Crippen LogP contribution in [0.2, 0.25) is 0 Å². The fraction of sp³-hybridized carbons (Fsp3) is 0.600. The molecule has 21 heavy (non-hydrogen) atoms. The summed E-state index contributed by atoms with van der Waals surface area (Å²) >= 11 is 0. The Balaban J connectivity index is 1.51. The van der Waals surface area contributed by atoms with E-state index >= 15 is 0 Å². The molecular weight excluding hydrogens is 286 g/mol. The van der Waals surface area contributed by atoms with Crippen LogP contribution in [0.4, 0.5) is 5.69 Å². The quantitative estimate of drug-likeness (QED) is 0.717. The predicted molar refractivity (Wildman–Crippen MR) is 83.9 cm³/mol. The van der Waals surface area contributed by atoms with Gasteiger partial charge in [0.25, 0.3) is 0 Å². The summed E-state index contributed by atoms with van der Waals surface area (Å²) in [7, 11) is -3.34. The summed E-state index contributed by atoms with van der Waals surface area (Å²) in [6.45, 7) is 2.04. The molecule has 116 valence electrons. The van der Waals surface area contributed by atoms with Crippen molar-refractivity contribution < 1.29 is 8.42 Å². The predicted octanol–water partition coefficient (Wildman–Crippen LogP) is 1.68. The van der Waals surface area contributed by atoms with Gasteiger partial charge in [0.2, 0.25) is 10.0 Å². The van der Waals surface area contributed by atoms with Gasteiger partial charge >= 0.3 is 0 Å². The smallest absolute Gasteiger partial charge is 0.240 e. The largest absolute Gasteiger partial charge is 0.385 e. The second-order valence-corrected chi connectivity index (χ2v) is 7.64. The molecule has 1 aromatic carbocycles. The van der Waals surface area contributed by atoms with Crippen molar-refractivity contribution in [1.29, 1.82) is 0 Å². The summed E-state index contributed by atoms with van der Waals surface area (Å²) in [6, 6.07) is 7.78. The summed E-state index contributed by atoms with van der Waals surface area (Å²) in [6.07, 6.45) is 5.53. The molecule has 1 saturated heterocycles. The average Bonchev–Trinajstić information content (AvgIpc) is 3.11. The second-order valence-electron chi connectivity index (χ2n) is 5.93. The molecule has 1 aromatic rings. The van der Waals surface area contributed by atoms with Crippen molar-refractivity contribution >= 4 is 15.7 Å². The first-order valence-corrected chi connectivity index (χ1v) is 9.21. The third-order valence-electron chi connectivity index (χ3n) is 4.05. The van der Waals surface area contributed by atoms with Crippen LogP contribution in [0.3, 0.4) is 0 Å². The van der Waals surface area contributed by atoms with E-state index < -0.39 is 10.0 Å². The Morgan fingerprint density at radius 2 is 1.90 bits per heavy atom. The molecule has 1 aliphatic heterocycles. The van der Waals surface area contributed by atoms with Crippen molar-refractivity contribution in [3.8, 4) is 0 Å². The van der Waals surface area contributed by atoms with Crippen LogP contribution in [0.1, 0.15) is 32.1 Å². The van der Waals surface area contributed by atoms with E-state index in [1.807, 2.05) is 12.1 Å². The molecule has 5 nitrogen and oxygen atoms in total. The van der Waals surface area contributed by atoms with Crippen LogP contribution in [0.5, 0.6) is 0 Å². The zero-order chi connectivity index (χ0) is 14.7. The van der Waals surface area contributed by atoms with Crippen LogP contribution >= 0.6 is 0 Å². The Kier molecular flexibility index (Phi) is 4.47. The highest BCUT2D eigenvalue weighted by atomic mass is 32.2. The molecule has 3 rings (SSSR count). The minimum absolute atomic E-state index is 0.145. The SMILES string of the molecule is O=S(=O)(NC1CC1)c1ccc(NCCC2CCCN2)cc1. The van der Waals surface area contributed by atoms with Gasteiger partial charge in [-0.3, -0.25) is 0 Å². The van der Waals surface area contributed by atoms with E-state index in [4.69, 9.17) is 0 Å². The topological polar surface area (TPSA) is 70.2 Å². The molecule has 0 bridgehead atoms. The van der Waals surface area contributed by atoms with Crippen molar-refractivity contribution in [2.45, 2.75) is 49.1 Å². The lowest BCUT2D eigenvalue weighted by Gasteiger charge is -2.12. The average molecular weight is 309 g/mol. The van der Waals surface area contributed by atoms with E-state index in [0.29, 0.717) is 10.9 Å². The van der Waals surface area contributed by atoms with Crippen LogP contribution in [-0.4, -0.2) is 33.6 Å². The van der Waals surface area contributed by atoms with E-state index in [-0.39, 0.29) is 6.04 Å². The van der Waals surface area contributed by atoms with Crippen LogP contribution in [0, 0.1) is 0 Å². The Morgan fingerprint density at radius 1 is 1.14 bits per heavy atom. The molecule has 0 aromatic heterocycles. The third-order valence-corrected chi connectivity index (χ3v) is 5.58. The van der Waals surface area contributed by atoms with E-state index in [0.717, 1.165) is 38.0 Å². The molecule has 0 amide bonds. The summed E-state index contributed by atoms with van der Waals surface area (Å²) in [5.41, 5.74) is 0.971. The summed E-state index contributed by atoms with van der Waals surface area (Å²) in [4.78, 5) is 0.345. The maximum Gasteiger partial charge on any atom is 0.240 e. The number of benzene rings is 1.